The van der Waals surface area contributed by atoms with Crippen molar-refractivity contribution in [3.63, 3.8) is 0 Å². The van der Waals surface area contributed by atoms with Crippen LogP contribution in [0.5, 0.6) is 0 Å². The molecule has 24 heteroatoms. The molecule has 0 heterocycles. The van der Waals surface area contributed by atoms with Gasteiger partial charge in [-0.15, -0.1) is 31.6 Å². The fraction of sp³-hybridized carbons (Fsp3) is 0.226. The van der Waals surface area contributed by atoms with Gasteiger partial charge in [0.25, 0.3) is 14.4 Å². The molecule has 0 aliphatic heterocycles. The normalized spacial score (nSPS) is 12.4. The summed E-state index contributed by atoms with van der Waals surface area (Å²) in [7, 11) is -0.840. The van der Waals surface area contributed by atoms with Gasteiger partial charge < -0.3 is 0 Å². The van der Waals surface area contributed by atoms with Crippen LogP contribution in [0, 0.1) is 116 Å². The maximum atomic E-state index is 15.4. The zero-order valence-corrected chi connectivity index (χ0v) is 31.4. The average molecular weight is 873 g/mol. The summed E-state index contributed by atoms with van der Waals surface area (Å²) < 4.78 is 294. The Morgan fingerprint density at radius 3 is 0.455 bits per heavy atom. The average Bonchev–Trinajstić information content (AvgIpc) is 3.10. The second-order valence-corrected chi connectivity index (χ2v) is 35.3. The quantitative estimate of drug-likeness (QED) is 0.0599. The highest BCUT2D eigenvalue weighted by atomic mass is 32.6. The molecule has 0 atom stereocenters. The van der Waals surface area contributed by atoms with E-state index in [1.807, 2.05) is 0 Å². The Balaban J connectivity index is 0.000000712. The fourth-order valence-electron chi connectivity index (χ4n) is 5.79. The van der Waals surface area contributed by atoms with Crippen molar-refractivity contribution in [1.82, 2.24) is 0 Å². The topological polar surface area (TPSA) is 0 Å². The van der Waals surface area contributed by atoms with Crippen LogP contribution in [0.3, 0.4) is 0 Å². The molecule has 0 aliphatic rings. The van der Waals surface area contributed by atoms with Gasteiger partial charge in [-0.2, -0.15) is 0 Å². The van der Waals surface area contributed by atoms with E-state index in [-0.39, 0.29) is 0 Å². The maximum Gasteiger partial charge on any atom is 0.270 e. The zero-order valence-electron chi connectivity index (χ0n) is 28.5. The lowest BCUT2D eigenvalue weighted by molar-refractivity contribution is 0.378. The van der Waals surface area contributed by atoms with Gasteiger partial charge in [0.1, 0.15) is 52.7 Å². The van der Waals surface area contributed by atoms with E-state index < -0.39 is 159 Å². The molecule has 0 nitrogen and oxygen atoms in total. The zero-order chi connectivity index (χ0) is 42.9. The molecule has 4 aromatic carbocycles. The van der Waals surface area contributed by atoms with Crippen molar-refractivity contribution >= 4 is 52.2 Å². The van der Waals surface area contributed by atoms with Crippen molar-refractivity contribution in [3.8, 4) is 0 Å². The summed E-state index contributed by atoms with van der Waals surface area (Å²) in [6.45, 7) is 15.0. The maximum absolute atomic E-state index is 15.4. The van der Waals surface area contributed by atoms with E-state index >= 15 is 35.1 Å². The van der Waals surface area contributed by atoms with Crippen molar-refractivity contribution in [2.45, 2.75) is 39.3 Å². The van der Waals surface area contributed by atoms with E-state index in [4.69, 9.17) is 0 Å². The van der Waals surface area contributed by atoms with Crippen LogP contribution in [-0.2, 0) is 9.79 Å². The van der Waals surface area contributed by atoms with Crippen molar-refractivity contribution in [1.29, 1.82) is 0 Å². The molecule has 0 aromatic heterocycles. The van der Waals surface area contributed by atoms with Crippen molar-refractivity contribution < 1.29 is 87.8 Å². The van der Waals surface area contributed by atoms with Gasteiger partial charge in [-0.3, -0.25) is 0 Å². The molecule has 0 spiro atoms. The smallest absolute Gasteiger partial charge is 0.207 e. The standard InChI is InChI=1S/C24BF20.C7H21SSi2/c26-5-1(6(27)14(35)21(42)13(5)34)25(2-7(28)15(36)22(43)16(37)8(2)29,3-9(30)17(38)23(44)18(39)10(3)31)4-11(32)19(40)24(45)20(41)12(4)33;1-8(9(2,3)4)10(5,6)7/h;1-7H3/q-1;+1. The van der Waals surface area contributed by atoms with Crippen LogP contribution < -0.4 is 21.9 Å². The van der Waals surface area contributed by atoms with Crippen molar-refractivity contribution in [3.05, 3.63) is 116 Å². The molecule has 0 amide bonds. The van der Waals surface area contributed by atoms with Gasteiger partial charge in [-0.1, -0.05) is 0 Å². The molecule has 0 aliphatic carbocycles. The summed E-state index contributed by atoms with van der Waals surface area (Å²) in [5, 5.41) is 0. The number of hydrogen-bond acceptors (Lipinski definition) is 0. The van der Waals surface area contributed by atoms with Crippen LogP contribution in [0.1, 0.15) is 0 Å². The minimum absolute atomic E-state index is 0.773. The molecule has 302 valence electrons. The number of hydrogen-bond donors (Lipinski definition) is 0. The Morgan fingerprint density at radius 2 is 0.364 bits per heavy atom. The predicted molar refractivity (Wildman–Crippen MR) is 169 cm³/mol. The van der Waals surface area contributed by atoms with Crippen LogP contribution in [0.15, 0.2) is 0 Å². The Morgan fingerprint density at radius 1 is 0.255 bits per heavy atom. The monoisotopic (exact) mass is 872 g/mol. The van der Waals surface area contributed by atoms with Crippen LogP contribution in [0.2, 0.25) is 39.3 Å². The highest BCUT2D eigenvalue weighted by Gasteiger charge is 2.52. The van der Waals surface area contributed by atoms with Gasteiger partial charge in [-0.25, -0.2) is 87.8 Å². The van der Waals surface area contributed by atoms with Crippen molar-refractivity contribution in [2.75, 3.05) is 6.26 Å². The molecule has 0 unspecified atom stereocenters. The summed E-state index contributed by atoms with van der Waals surface area (Å²) in [4.78, 5) is 0. The van der Waals surface area contributed by atoms with E-state index in [1.54, 1.807) is 0 Å². The molecule has 0 saturated carbocycles. The van der Waals surface area contributed by atoms with Crippen LogP contribution in [0.25, 0.3) is 0 Å². The molecule has 0 bridgehead atoms. The third-order valence-corrected chi connectivity index (χ3v) is 34.3. The minimum atomic E-state index is -7.22. The first-order valence-electron chi connectivity index (χ1n) is 14.8. The molecule has 4 rings (SSSR count). The summed E-state index contributed by atoms with van der Waals surface area (Å²) in [6, 6.07) is 0. The summed E-state index contributed by atoms with van der Waals surface area (Å²) in [5.74, 6) is -71.4. The molecule has 55 heavy (non-hydrogen) atoms. The first kappa shape index (κ1) is 45.7. The van der Waals surface area contributed by atoms with Crippen LogP contribution >= 0.6 is 0 Å². The van der Waals surface area contributed by atoms with Gasteiger partial charge in [0.05, 0.1) is 6.26 Å². The SMILES string of the molecule is C[S+]([Si](C)(C)C)[Si](C)(C)C.Fc1c(F)c(F)c([B-](c2c(F)c(F)c(F)c(F)c2F)(c2c(F)c(F)c(F)c(F)c2F)c2c(F)c(F)c(F)c(F)c2F)c(F)c1F. The van der Waals surface area contributed by atoms with Crippen LogP contribution in [-0.4, -0.2) is 26.8 Å². The van der Waals surface area contributed by atoms with Crippen LogP contribution in [0.4, 0.5) is 87.8 Å². The van der Waals surface area contributed by atoms with Gasteiger partial charge >= 0.3 is 0 Å². The lowest BCUT2D eigenvalue weighted by atomic mass is 9.12. The third-order valence-electron chi connectivity index (χ3n) is 8.54. The number of benzene rings is 4. The molecule has 0 N–H and O–H groups in total. The Bertz CT molecular complexity index is 1820. The highest BCUT2D eigenvalue weighted by molar-refractivity contribution is 8.46. The molecule has 0 fully saturated rings. The minimum Gasteiger partial charge on any atom is -0.207 e. The van der Waals surface area contributed by atoms with E-state index in [0.29, 0.717) is 0 Å². The fourth-order valence-corrected chi connectivity index (χ4v) is 29.7. The third kappa shape index (κ3) is 7.14. The molecule has 0 radical (unpaired) electrons. The summed E-state index contributed by atoms with van der Waals surface area (Å²) >= 11 is 0. The highest BCUT2D eigenvalue weighted by Crippen LogP contribution is 2.31. The molecule has 0 saturated heterocycles. The lowest BCUT2D eigenvalue weighted by Crippen LogP contribution is -2.81. The molecule has 4 aromatic rings. The Kier molecular flexibility index (Phi) is 12.8. The van der Waals surface area contributed by atoms with Gasteiger partial charge in [0.2, 0.25) is 0 Å². The molecular formula is C31H21BF20SSi2. The van der Waals surface area contributed by atoms with E-state index in [9.17, 15) is 52.7 Å². The number of rotatable bonds is 6. The first-order valence-corrected chi connectivity index (χ1v) is 24.8. The second kappa shape index (κ2) is 15.3. The Labute approximate surface area is 301 Å². The lowest BCUT2D eigenvalue weighted by Gasteiger charge is -2.44. The van der Waals surface area contributed by atoms with E-state index in [0.717, 1.165) is 9.79 Å². The summed E-state index contributed by atoms with van der Waals surface area (Å²) in [5.41, 5.74) is -14.3. The van der Waals surface area contributed by atoms with E-state index in [2.05, 4.69) is 45.5 Å². The van der Waals surface area contributed by atoms with E-state index in [1.165, 1.54) is 0 Å². The first-order chi connectivity index (χ1) is 24.9. The predicted octanol–water partition coefficient (Wildman–Crippen LogP) is 8.75. The van der Waals surface area contributed by atoms with Gasteiger partial charge in [0, 0.05) is 0 Å². The van der Waals surface area contributed by atoms with Gasteiger partial charge in [0.15, 0.2) is 69.8 Å². The number of halogens is 20. The second-order valence-electron chi connectivity index (χ2n) is 13.5. The van der Waals surface area contributed by atoms with Crippen molar-refractivity contribution in [2.24, 2.45) is 0 Å². The molecular weight excluding hydrogens is 851 g/mol. The largest absolute Gasteiger partial charge is 0.270 e. The summed E-state index contributed by atoms with van der Waals surface area (Å²) in [6.07, 6.45) is -4.73. The Hall–Kier alpha value is -3.67. The van der Waals surface area contributed by atoms with Gasteiger partial charge in [-0.05, 0) is 39.3 Å².